The minimum atomic E-state index is -0.873. The van der Waals surface area contributed by atoms with Crippen LogP contribution < -0.4 is 10.6 Å². The number of hydrogen-bond acceptors (Lipinski definition) is 3. The molecule has 0 aliphatic heterocycles. The second-order valence-corrected chi connectivity index (χ2v) is 5.24. The number of hydrogen-bond donors (Lipinski definition) is 3. The number of carboxylic acid groups (broad SMARTS) is 1. The summed E-state index contributed by atoms with van der Waals surface area (Å²) in [5.74, 6) is -0.873. The lowest BCUT2D eigenvalue weighted by Gasteiger charge is -2.41. The summed E-state index contributed by atoms with van der Waals surface area (Å²) in [6, 6.07) is -0.326. The van der Waals surface area contributed by atoms with Crippen molar-refractivity contribution in [2.75, 3.05) is 13.7 Å². The maximum absolute atomic E-state index is 11.9. The van der Waals surface area contributed by atoms with E-state index in [4.69, 9.17) is 9.84 Å². The van der Waals surface area contributed by atoms with Crippen LogP contribution in [0.3, 0.4) is 0 Å². The molecule has 1 aliphatic rings. The molecule has 0 heterocycles. The Morgan fingerprint density at radius 3 is 2.53 bits per heavy atom. The average Bonchev–Trinajstić information content (AvgIpc) is 2.26. The van der Waals surface area contributed by atoms with E-state index >= 15 is 0 Å². The molecule has 0 saturated heterocycles. The van der Waals surface area contributed by atoms with Gasteiger partial charge in [0.05, 0.1) is 24.6 Å². The molecule has 3 N–H and O–H groups in total. The SMILES string of the molecule is CCCC(COC)NC(=O)NC1(CC(=O)O)CCC1. The van der Waals surface area contributed by atoms with Gasteiger partial charge in [0, 0.05) is 7.11 Å². The molecular weight excluding hydrogens is 248 g/mol. The van der Waals surface area contributed by atoms with Crippen molar-refractivity contribution in [2.45, 2.75) is 57.0 Å². The van der Waals surface area contributed by atoms with Crippen LogP contribution in [-0.2, 0) is 9.53 Å². The predicted molar refractivity (Wildman–Crippen MR) is 71.1 cm³/mol. The lowest BCUT2D eigenvalue weighted by atomic mass is 9.74. The van der Waals surface area contributed by atoms with Crippen LogP contribution in [0.25, 0.3) is 0 Å². The van der Waals surface area contributed by atoms with Crippen molar-refractivity contribution in [3.05, 3.63) is 0 Å². The average molecular weight is 272 g/mol. The van der Waals surface area contributed by atoms with Gasteiger partial charge in [-0.15, -0.1) is 0 Å². The molecule has 0 spiro atoms. The number of amides is 2. The summed E-state index contributed by atoms with van der Waals surface area (Å²) >= 11 is 0. The number of carboxylic acids is 1. The fraction of sp³-hybridized carbons (Fsp3) is 0.846. The third-order valence-electron chi connectivity index (χ3n) is 3.52. The first-order chi connectivity index (χ1) is 9.01. The summed E-state index contributed by atoms with van der Waals surface area (Å²) in [6.07, 6.45) is 4.21. The molecular formula is C13H24N2O4. The van der Waals surface area contributed by atoms with Gasteiger partial charge in [0.1, 0.15) is 0 Å². The summed E-state index contributed by atoms with van der Waals surface area (Å²) in [5.41, 5.74) is -0.556. The Morgan fingerprint density at radius 2 is 2.11 bits per heavy atom. The van der Waals surface area contributed by atoms with Crippen LogP contribution in [0, 0.1) is 0 Å². The van der Waals surface area contributed by atoms with Crippen molar-refractivity contribution in [3.8, 4) is 0 Å². The molecule has 2 amide bonds. The maximum Gasteiger partial charge on any atom is 0.315 e. The van der Waals surface area contributed by atoms with E-state index < -0.39 is 11.5 Å². The first kappa shape index (κ1) is 15.8. The van der Waals surface area contributed by atoms with Gasteiger partial charge in [0.15, 0.2) is 0 Å². The van der Waals surface area contributed by atoms with E-state index in [2.05, 4.69) is 10.6 Å². The van der Waals surface area contributed by atoms with E-state index in [0.29, 0.717) is 6.61 Å². The van der Waals surface area contributed by atoms with E-state index in [-0.39, 0.29) is 18.5 Å². The monoisotopic (exact) mass is 272 g/mol. The highest BCUT2D eigenvalue weighted by Crippen LogP contribution is 2.34. The zero-order valence-corrected chi connectivity index (χ0v) is 11.7. The van der Waals surface area contributed by atoms with Gasteiger partial charge >= 0.3 is 12.0 Å². The number of methoxy groups -OCH3 is 1. The van der Waals surface area contributed by atoms with Gasteiger partial charge in [0.2, 0.25) is 0 Å². The van der Waals surface area contributed by atoms with Crippen molar-refractivity contribution < 1.29 is 19.4 Å². The van der Waals surface area contributed by atoms with Gasteiger partial charge in [-0.3, -0.25) is 4.79 Å². The summed E-state index contributed by atoms with van der Waals surface area (Å²) in [5, 5.41) is 14.6. The zero-order chi connectivity index (χ0) is 14.3. The molecule has 0 bridgehead atoms. The van der Waals surface area contributed by atoms with Crippen molar-refractivity contribution >= 4 is 12.0 Å². The molecule has 110 valence electrons. The second-order valence-electron chi connectivity index (χ2n) is 5.24. The zero-order valence-electron chi connectivity index (χ0n) is 11.7. The topological polar surface area (TPSA) is 87.7 Å². The number of rotatable bonds is 8. The summed E-state index contributed by atoms with van der Waals surface area (Å²) in [7, 11) is 1.60. The Labute approximate surface area is 113 Å². The standard InChI is InChI=1S/C13H24N2O4/c1-3-5-10(9-19-2)14-12(18)15-13(6-4-7-13)8-11(16)17/h10H,3-9H2,1-2H3,(H,16,17)(H2,14,15,18). The molecule has 1 fully saturated rings. The molecule has 1 saturated carbocycles. The molecule has 1 atom stereocenters. The Morgan fingerprint density at radius 1 is 1.42 bits per heavy atom. The molecule has 19 heavy (non-hydrogen) atoms. The minimum Gasteiger partial charge on any atom is -0.481 e. The van der Waals surface area contributed by atoms with Crippen molar-refractivity contribution in [2.24, 2.45) is 0 Å². The highest BCUT2D eigenvalue weighted by molar-refractivity contribution is 5.77. The molecule has 0 aromatic heterocycles. The van der Waals surface area contributed by atoms with Crippen LogP contribution in [0.5, 0.6) is 0 Å². The van der Waals surface area contributed by atoms with Crippen molar-refractivity contribution in [1.82, 2.24) is 10.6 Å². The summed E-state index contributed by atoms with van der Waals surface area (Å²) in [4.78, 5) is 22.7. The molecule has 6 nitrogen and oxygen atoms in total. The van der Waals surface area contributed by atoms with Gasteiger partial charge < -0.3 is 20.5 Å². The van der Waals surface area contributed by atoms with E-state index in [1.54, 1.807) is 7.11 Å². The third-order valence-corrected chi connectivity index (χ3v) is 3.52. The minimum absolute atomic E-state index is 0.0108. The highest BCUT2D eigenvalue weighted by atomic mass is 16.5. The van der Waals surface area contributed by atoms with Crippen LogP contribution in [0.4, 0.5) is 4.79 Å². The van der Waals surface area contributed by atoms with Gasteiger partial charge in [0.25, 0.3) is 0 Å². The number of carbonyl (C=O) groups excluding carboxylic acids is 1. The lowest BCUT2D eigenvalue weighted by Crippen LogP contribution is -2.58. The van der Waals surface area contributed by atoms with Crippen LogP contribution >= 0.6 is 0 Å². The van der Waals surface area contributed by atoms with E-state index in [9.17, 15) is 9.59 Å². The molecule has 0 aromatic rings. The molecule has 6 heteroatoms. The number of aliphatic carboxylic acids is 1. The first-order valence-corrected chi connectivity index (χ1v) is 6.81. The Kier molecular flexibility index (Phi) is 6.08. The van der Waals surface area contributed by atoms with Crippen LogP contribution in [0.15, 0.2) is 0 Å². The Bertz CT molecular complexity index is 310. The molecule has 0 radical (unpaired) electrons. The smallest absolute Gasteiger partial charge is 0.315 e. The van der Waals surface area contributed by atoms with Gasteiger partial charge in [-0.25, -0.2) is 4.79 Å². The number of carbonyl (C=O) groups is 2. The normalized spacial score (nSPS) is 18.2. The highest BCUT2D eigenvalue weighted by Gasteiger charge is 2.40. The van der Waals surface area contributed by atoms with E-state index in [1.165, 1.54) is 0 Å². The van der Waals surface area contributed by atoms with Crippen molar-refractivity contribution in [3.63, 3.8) is 0 Å². The van der Waals surface area contributed by atoms with Crippen molar-refractivity contribution in [1.29, 1.82) is 0 Å². The Balaban J connectivity index is 2.45. The quantitative estimate of drug-likeness (QED) is 0.625. The van der Waals surface area contributed by atoms with Crippen LogP contribution in [-0.4, -0.2) is 42.4 Å². The first-order valence-electron chi connectivity index (χ1n) is 6.81. The van der Waals surface area contributed by atoms with Gasteiger partial charge in [-0.2, -0.15) is 0 Å². The third kappa shape index (κ3) is 5.06. The number of ether oxygens (including phenoxy) is 1. The molecule has 1 aliphatic carbocycles. The van der Waals surface area contributed by atoms with Crippen LogP contribution in [0.2, 0.25) is 0 Å². The summed E-state index contributed by atoms with van der Waals surface area (Å²) < 4.78 is 5.06. The second kappa shape index (κ2) is 7.33. The maximum atomic E-state index is 11.9. The van der Waals surface area contributed by atoms with Gasteiger partial charge in [-0.05, 0) is 25.7 Å². The summed E-state index contributed by atoms with van der Waals surface area (Å²) in [6.45, 7) is 2.51. The fourth-order valence-electron chi connectivity index (χ4n) is 2.45. The Hall–Kier alpha value is -1.30. The lowest BCUT2D eigenvalue weighted by molar-refractivity contribution is -0.139. The largest absolute Gasteiger partial charge is 0.481 e. The number of urea groups is 1. The fourth-order valence-corrected chi connectivity index (χ4v) is 2.45. The number of nitrogens with one attached hydrogen (secondary N) is 2. The van der Waals surface area contributed by atoms with Gasteiger partial charge in [-0.1, -0.05) is 13.3 Å². The molecule has 1 rings (SSSR count). The van der Waals surface area contributed by atoms with E-state index in [1.807, 2.05) is 6.92 Å². The molecule has 0 aromatic carbocycles. The predicted octanol–water partition coefficient (Wildman–Crippen LogP) is 1.50. The van der Waals surface area contributed by atoms with E-state index in [0.717, 1.165) is 32.1 Å². The van der Waals surface area contributed by atoms with Crippen LogP contribution in [0.1, 0.15) is 45.4 Å². The molecule has 1 unspecified atom stereocenters.